The molecule has 0 radical (unpaired) electrons. The Labute approximate surface area is 249 Å². The van der Waals surface area contributed by atoms with Gasteiger partial charge in [0.2, 0.25) is 18.1 Å². The number of nitrogens with zero attached hydrogens (tertiary/aromatic N) is 3. The molecule has 0 spiro atoms. The predicted molar refractivity (Wildman–Crippen MR) is 160 cm³/mol. The first kappa shape index (κ1) is 28.9. The second-order valence-electron chi connectivity index (χ2n) is 11.5. The van der Waals surface area contributed by atoms with Gasteiger partial charge in [0.15, 0.2) is 5.82 Å². The summed E-state index contributed by atoms with van der Waals surface area (Å²) in [6.07, 6.45) is 3.28. The first-order chi connectivity index (χ1) is 20.9. The molecule has 2 fully saturated rings. The third kappa shape index (κ3) is 7.24. The number of imidazole rings is 1. The molecule has 4 N–H and O–H groups in total. The summed E-state index contributed by atoms with van der Waals surface area (Å²) in [7, 11) is 0. The standard InChI is InChI=1S/C32H36FN7O3/c1-32(18-36-26(41)17-21-5-3-2-4-6-21)19-42-30(43-20-32)29-39-27(22-7-9-23(33)10-8-22)28(40-29)25-13-16-35-31(38-25)37-24-11-14-34-15-12-24/h2-10,13,16,24,30,34H,11-12,14-15,17-20H2,1H3,(H,36,41)(H,39,40)(H,35,37,38). The van der Waals surface area contributed by atoms with Crippen LogP contribution < -0.4 is 16.0 Å². The van der Waals surface area contributed by atoms with Crippen molar-refractivity contribution in [3.8, 4) is 22.6 Å². The van der Waals surface area contributed by atoms with Gasteiger partial charge < -0.3 is 30.4 Å². The van der Waals surface area contributed by atoms with Crippen LogP contribution in [-0.2, 0) is 20.7 Å². The molecule has 2 aromatic heterocycles. The number of carbonyl (C=O) groups excluding carboxylic acids is 1. The van der Waals surface area contributed by atoms with Gasteiger partial charge in [-0.15, -0.1) is 0 Å². The Morgan fingerprint density at radius 1 is 1.02 bits per heavy atom. The summed E-state index contributed by atoms with van der Waals surface area (Å²) in [5.41, 5.74) is 3.20. The smallest absolute Gasteiger partial charge is 0.224 e. The number of piperidine rings is 1. The van der Waals surface area contributed by atoms with Gasteiger partial charge in [0.1, 0.15) is 5.82 Å². The number of ether oxygens (including phenoxy) is 2. The monoisotopic (exact) mass is 585 g/mol. The zero-order valence-corrected chi connectivity index (χ0v) is 24.1. The average Bonchev–Trinajstić information content (AvgIpc) is 3.48. The number of benzene rings is 2. The van der Waals surface area contributed by atoms with Gasteiger partial charge in [0.05, 0.1) is 36.7 Å². The highest BCUT2D eigenvalue weighted by molar-refractivity contribution is 5.78. The molecule has 224 valence electrons. The Hall–Kier alpha value is -4.19. The van der Waals surface area contributed by atoms with Gasteiger partial charge in [-0.3, -0.25) is 4.79 Å². The Morgan fingerprint density at radius 3 is 2.51 bits per heavy atom. The molecule has 10 nitrogen and oxygen atoms in total. The van der Waals surface area contributed by atoms with E-state index in [0.717, 1.165) is 37.1 Å². The number of carbonyl (C=O) groups is 1. The maximum atomic E-state index is 13.8. The van der Waals surface area contributed by atoms with Crippen molar-refractivity contribution in [3.05, 3.63) is 84.1 Å². The van der Waals surface area contributed by atoms with Crippen LogP contribution in [0, 0.1) is 11.2 Å². The molecule has 2 saturated heterocycles. The van der Waals surface area contributed by atoms with Crippen LogP contribution in [0.15, 0.2) is 66.9 Å². The Bertz CT molecular complexity index is 1520. The number of halogens is 1. The SMILES string of the molecule is CC1(CNC(=O)Cc2ccccc2)COC(c2nc(-c3ccc(F)cc3)c(-c3ccnc(NC4CCNCC4)n3)[nH]2)OC1. The molecular weight excluding hydrogens is 549 g/mol. The van der Waals surface area contributed by atoms with Gasteiger partial charge in [0.25, 0.3) is 0 Å². The maximum absolute atomic E-state index is 13.8. The first-order valence-electron chi connectivity index (χ1n) is 14.6. The molecule has 0 bridgehead atoms. The van der Waals surface area contributed by atoms with E-state index in [9.17, 15) is 9.18 Å². The largest absolute Gasteiger partial charge is 0.355 e. The van der Waals surface area contributed by atoms with E-state index in [1.165, 1.54) is 12.1 Å². The molecule has 43 heavy (non-hydrogen) atoms. The molecule has 4 heterocycles. The Balaban J connectivity index is 1.17. The molecule has 0 atom stereocenters. The molecule has 2 aromatic carbocycles. The van der Waals surface area contributed by atoms with Gasteiger partial charge in [-0.1, -0.05) is 37.3 Å². The van der Waals surface area contributed by atoms with Crippen molar-refractivity contribution < 1.29 is 18.7 Å². The van der Waals surface area contributed by atoms with Crippen LogP contribution in [0.25, 0.3) is 22.6 Å². The van der Waals surface area contributed by atoms with Crippen LogP contribution >= 0.6 is 0 Å². The molecule has 11 heteroatoms. The van der Waals surface area contributed by atoms with Crippen molar-refractivity contribution in [1.82, 2.24) is 30.6 Å². The van der Waals surface area contributed by atoms with Gasteiger partial charge in [-0.05, 0) is 61.8 Å². The highest BCUT2D eigenvalue weighted by Gasteiger charge is 2.35. The second-order valence-corrected chi connectivity index (χ2v) is 11.5. The minimum Gasteiger partial charge on any atom is -0.355 e. The minimum atomic E-state index is -0.741. The van der Waals surface area contributed by atoms with Gasteiger partial charge in [-0.25, -0.2) is 19.3 Å². The number of hydrogen-bond donors (Lipinski definition) is 4. The summed E-state index contributed by atoms with van der Waals surface area (Å²) in [5.74, 6) is 0.649. The molecule has 0 aliphatic carbocycles. The zero-order chi connectivity index (χ0) is 29.6. The van der Waals surface area contributed by atoms with Crippen LogP contribution in [-0.4, -0.2) is 64.7 Å². The third-order valence-corrected chi connectivity index (χ3v) is 7.73. The van der Waals surface area contributed by atoms with Crippen LogP contribution in [0.5, 0.6) is 0 Å². The number of aromatic nitrogens is 4. The fourth-order valence-corrected chi connectivity index (χ4v) is 5.28. The molecule has 0 saturated carbocycles. The normalized spacial score (nSPS) is 20.9. The first-order valence-corrected chi connectivity index (χ1v) is 14.6. The summed E-state index contributed by atoms with van der Waals surface area (Å²) in [6.45, 7) is 5.07. The van der Waals surface area contributed by atoms with Crippen molar-refractivity contribution in [2.45, 2.75) is 38.5 Å². The lowest BCUT2D eigenvalue weighted by atomic mass is 9.92. The zero-order valence-electron chi connectivity index (χ0n) is 24.1. The number of anilines is 1. The van der Waals surface area contributed by atoms with E-state index < -0.39 is 11.7 Å². The van der Waals surface area contributed by atoms with E-state index in [2.05, 4.69) is 25.9 Å². The second kappa shape index (κ2) is 13.0. The summed E-state index contributed by atoms with van der Waals surface area (Å²) < 4.78 is 26.0. The summed E-state index contributed by atoms with van der Waals surface area (Å²) in [6, 6.07) is 17.9. The maximum Gasteiger partial charge on any atom is 0.224 e. The molecule has 1 amide bonds. The number of hydrogen-bond acceptors (Lipinski definition) is 8. The summed E-state index contributed by atoms with van der Waals surface area (Å²) in [5, 5.41) is 9.82. The summed E-state index contributed by atoms with van der Waals surface area (Å²) in [4.78, 5) is 29.9. The van der Waals surface area contributed by atoms with Crippen LogP contribution in [0.1, 0.15) is 37.4 Å². The molecule has 2 aliphatic heterocycles. The van der Waals surface area contributed by atoms with Gasteiger partial charge in [-0.2, -0.15) is 0 Å². The van der Waals surface area contributed by atoms with Crippen molar-refractivity contribution in [3.63, 3.8) is 0 Å². The quantitative estimate of drug-likeness (QED) is 0.230. The van der Waals surface area contributed by atoms with Crippen molar-refractivity contribution in [2.24, 2.45) is 5.41 Å². The van der Waals surface area contributed by atoms with Crippen molar-refractivity contribution in [2.75, 3.05) is 38.2 Å². The van der Waals surface area contributed by atoms with Gasteiger partial charge in [0, 0.05) is 29.8 Å². The molecular formula is C32H36FN7O3. The third-order valence-electron chi connectivity index (χ3n) is 7.73. The van der Waals surface area contributed by atoms with E-state index >= 15 is 0 Å². The summed E-state index contributed by atoms with van der Waals surface area (Å²) >= 11 is 0. The Kier molecular flexibility index (Phi) is 8.73. The van der Waals surface area contributed by atoms with E-state index in [1.807, 2.05) is 43.3 Å². The van der Waals surface area contributed by atoms with Gasteiger partial charge >= 0.3 is 0 Å². The van der Waals surface area contributed by atoms with Crippen LogP contribution in [0.3, 0.4) is 0 Å². The molecule has 4 aromatic rings. The number of H-pyrrole nitrogens is 1. The number of rotatable bonds is 9. The van der Waals surface area contributed by atoms with Crippen molar-refractivity contribution in [1.29, 1.82) is 0 Å². The van der Waals surface area contributed by atoms with Crippen molar-refractivity contribution >= 4 is 11.9 Å². The molecule has 0 unspecified atom stereocenters. The van der Waals surface area contributed by atoms with E-state index in [1.54, 1.807) is 18.3 Å². The van der Waals surface area contributed by atoms with Crippen LogP contribution in [0.4, 0.5) is 10.3 Å². The minimum absolute atomic E-state index is 0.0481. The highest BCUT2D eigenvalue weighted by Crippen LogP contribution is 2.35. The lowest BCUT2D eigenvalue weighted by Crippen LogP contribution is -2.45. The fourth-order valence-electron chi connectivity index (χ4n) is 5.28. The lowest BCUT2D eigenvalue weighted by Gasteiger charge is -2.36. The predicted octanol–water partition coefficient (Wildman–Crippen LogP) is 4.25. The van der Waals surface area contributed by atoms with E-state index in [-0.39, 0.29) is 11.7 Å². The lowest BCUT2D eigenvalue weighted by molar-refractivity contribution is -0.232. The average molecular weight is 586 g/mol. The highest BCUT2D eigenvalue weighted by atomic mass is 19.1. The number of aromatic amines is 1. The Morgan fingerprint density at radius 2 is 1.77 bits per heavy atom. The fraction of sp³-hybridized carbons (Fsp3) is 0.375. The number of nitrogens with one attached hydrogen (secondary N) is 4. The topological polar surface area (TPSA) is 126 Å². The van der Waals surface area contributed by atoms with Crippen LogP contribution in [0.2, 0.25) is 0 Å². The van der Waals surface area contributed by atoms with E-state index in [4.69, 9.17) is 19.4 Å². The molecule has 6 rings (SSSR count). The van der Waals surface area contributed by atoms with E-state index in [0.29, 0.717) is 61.1 Å². The number of amides is 1. The molecule has 2 aliphatic rings.